The molecule has 0 radical (unpaired) electrons. The Kier molecular flexibility index (Phi) is 5.46. The van der Waals surface area contributed by atoms with E-state index in [0.717, 1.165) is 21.4 Å². The number of nitrogens with one attached hydrogen (secondary N) is 1. The van der Waals surface area contributed by atoms with Crippen LogP contribution in [0.5, 0.6) is 0 Å². The number of sulfonamides is 1. The van der Waals surface area contributed by atoms with Crippen molar-refractivity contribution in [2.45, 2.75) is 24.8 Å². The monoisotopic (exact) mass is 301 g/mol. The Morgan fingerprint density at radius 3 is 2.55 bits per heavy atom. The number of rotatable bonds is 6. The lowest BCUT2D eigenvalue weighted by Crippen LogP contribution is -2.33. The van der Waals surface area contributed by atoms with Crippen molar-refractivity contribution in [2.75, 3.05) is 20.6 Å². The molecule has 0 aliphatic heterocycles. The van der Waals surface area contributed by atoms with Crippen molar-refractivity contribution in [3.63, 3.8) is 0 Å². The molecule has 0 aliphatic rings. The van der Waals surface area contributed by atoms with Gasteiger partial charge in [0.15, 0.2) is 0 Å². The second kappa shape index (κ2) is 6.67. The number of carbonyl (C=O) groups is 1. The van der Waals surface area contributed by atoms with Gasteiger partial charge in [0.1, 0.15) is 6.54 Å². The van der Waals surface area contributed by atoms with E-state index in [1.165, 1.54) is 26.4 Å². The largest absolute Gasteiger partial charge is 0.355 e. The van der Waals surface area contributed by atoms with Crippen LogP contribution in [0.1, 0.15) is 13.3 Å². The van der Waals surface area contributed by atoms with E-state index in [0.29, 0.717) is 6.54 Å². The van der Waals surface area contributed by atoms with Gasteiger partial charge in [0.2, 0.25) is 15.9 Å². The van der Waals surface area contributed by atoms with Crippen LogP contribution < -0.4 is 10.9 Å². The first-order chi connectivity index (χ1) is 9.28. The number of aromatic nitrogens is 1. The zero-order valence-electron chi connectivity index (χ0n) is 11.8. The smallest absolute Gasteiger partial charge is 0.251 e. The minimum absolute atomic E-state index is 0.0228. The van der Waals surface area contributed by atoms with Gasteiger partial charge in [-0.05, 0) is 12.5 Å². The minimum Gasteiger partial charge on any atom is -0.355 e. The lowest BCUT2D eigenvalue weighted by Gasteiger charge is -2.13. The number of pyridine rings is 1. The third kappa shape index (κ3) is 3.91. The summed E-state index contributed by atoms with van der Waals surface area (Å²) in [5, 5.41) is 2.63. The second-order valence-corrected chi connectivity index (χ2v) is 6.62. The molecule has 0 bridgehead atoms. The molecule has 0 aliphatic carbocycles. The molecule has 0 atom stereocenters. The Morgan fingerprint density at radius 1 is 1.35 bits per heavy atom. The van der Waals surface area contributed by atoms with Gasteiger partial charge in [-0.3, -0.25) is 9.59 Å². The summed E-state index contributed by atoms with van der Waals surface area (Å²) in [5.74, 6) is -0.326. The molecule has 1 aromatic heterocycles. The van der Waals surface area contributed by atoms with Gasteiger partial charge in [0, 0.05) is 32.9 Å². The van der Waals surface area contributed by atoms with E-state index in [1.807, 2.05) is 6.92 Å². The van der Waals surface area contributed by atoms with Crippen molar-refractivity contribution >= 4 is 15.9 Å². The second-order valence-electron chi connectivity index (χ2n) is 4.47. The van der Waals surface area contributed by atoms with E-state index in [4.69, 9.17) is 0 Å². The Morgan fingerprint density at radius 2 is 2.00 bits per heavy atom. The molecule has 1 heterocycles. The van der Waals surface area contributed by atoms with Gasteiger partial charge in [-0.1, -0.05) is 6.92 Å². The fourth-order valence-electron chi connectivity index (χ4n) is 1.47. The van der Waals surface area contributed by atoms with Crippen molar-refractivity contribution in [3.05, 3.63) is 28.7 Å². The highest BCUT2D eigenvalue weighted by Crippen LogP contribution is 2.10. The van der Waals surface area contributed by atoms with Crippen molar-refractivity contribution in [3.8, 4) is 0 Å². The summed E-state index contributed by atoms with van der Waals surface area (Å²) < 4.78 is 26.1. The third-order valence-electron chi connectivity index (χ3n) is 2.62. The Hall–Kier alpha value is -1.67. The summed E-state index contributed by atoms with van der Waals surface area (Å²) in [4.78, 5) is 23.2. The molecule has 0 unspecified atom stereocenters. The highest BCUT2D eigenvalue weighted by Gasteiger charge is 2.18. The maximum absolute atomic E-state index is 12.0. The van der Waals surface area contributed by atoms with E-state index in [1.54, 1.807) is 0 Å². The number of nitrogens with zero attached hydrogens (tertiary/aromatic N) is 2. The normalized spacial score (nSPS) is 11.6. The number of hydrogen-bond acceptors (Lipinski definition) is 4. The highest BCUT2D eigenvalue weighted by atomic mass is 32.2. The van der Waals surface area contributed by atoms with Crippen LogP contribution in [0.3, 0.4) is 0 Å². The van der Waals surface area contributed by atoms with Gasteiger partial charge in [0.05, 0.1) is 4.90 Å². The van der Waals surface area contributed by atoms with Crippen LogP contribution in [0, 0.1) is 0 Å². The van der Waals surface area contributed by atoms with E-state index < -0.39 is 15.6 Å². The molecule has 0 saturated heterocycles. The minimum atomic E-state index is -3.63. The maximum atomic E-state index is 12.0. The lowest BCUT2D eigenvalue weighted by atomic mass is 10.4. The molecule has 1 rings (SSSR count). The third-order valence-corrected chi connectivity index (χ3v) is 4.42. The molecule has 0 fully saturated rings. The van der Waals surface area contributed by atoms with Crippen molar-refractivity contribution in [2.24, 2.45) is 0 Å². The molecule has 20 heavy (non-hydrogen) atoms. The van der Waals surface area contributed by atoms with Gasteiger partial charge >= 0.3 is 0 Å². The maximum Gasteiger partial charge on any atom is 0.251 e. The van der Waals surface area contributed by atoms with Crippen molar-refractivity contribution < 1.29 is 13.2 Å². The zero-order chi connectivity index (χ0) is 15.3. The standard InChI is InChI=1S/C12H19N3O4S/c1-4-7-13-11(16)9-15-8-10(5-6-12(15)17)20(18,19)14(2)3/h5-6,8H,4,7,9H2,1-3H3,(H,13,16). The molecule has 1 amide bonds. The van der Waals surface area contributed by atoms with Gasteiger partial charge in [0.25, 0.3) is 5.56 Å². The van der Waals surface area contributed by atoms with Crippen molar-refractivity contribution in [1.82, 2.24) is 14.2 Å². The molecule has 0 spiro atoms. The first-order valence-corrected chi connectivity index (χ1v) is 7.62. The van der Waals surface area contributed by atoms with Gasteiger partial charge in [-0.2, -0.15) is 0 Å². The summed E-state index contributed by atoms with van der Waals surface area (Å²) >= 11 is 0. The van der Waals surface area contributed by atoms with Gasteiger partial charge < -0.3 is 9.88 Å². The number of hydrogen-bond donors (Lipinski definition) is 1. The molecule has 0 saturated carbocycles. The average Bonchev–Trinajstić information content (AvgIpc) is 2.38. The summed E-state index contributed by atoms with van der Waals surface area (Å²) in [6, 6.07) is 2.38. The zero-order valence-corrected chi connectivity index (χ0v) is 12.6. The van der Waals surface area contributed by atoms with Crippen LogP contribution in [0.25, 0.3) is 0 Å². The van der Waals surface area contributed by atoms with Crippen molar-refractivity contribution in [1.29, 1.82) is 0 Å². The van der Waals surface area contributed by atoms with Crippen LogP contribution in [-0.2, 0) is 21.4 Å². The fourth-order valence-corrected chi connectivity index (χ4v) is 2.39. The topological polar surface area (TPSA) is 88.5 Å². The number of carbonyl (C=O) groups excluding carboxylic acids is 1. The lowest BCUT2D eigenvalue weighted by molar-refractivity contribution is -0.121. The average molecular weight is 301 g/mol. The van der Waals surface area contributed by atoms with E-state index in [9.17, 15) is 18.0 Å². The SMILES string of the molecule is CCCNC(=O)Cn1cc(S(=O)(=O)N(C)C)ccc1=O. The molecular formula is C12H19N3O4S. The Balaban J connectivity index is 3.05. The van der Waals surface area contributed by atoms with E-state index in [2.05, 4.69) is 5.32 Å². The summed E-state index contributed by atoms with van der Waals surface area (Å²) in [6.45, 7) is 2.23. The molecular weight excluding hydrogens is 282 g/mol. The Labute approximate surface area is 118 Å². The number of amides is 1. The van der Waals surface area contributed by atoms with Crippen LogP contribution in [-0.4, -0.2) is 43.8 Å². The first kappa shape index (κ1) is 16.4. The van der Waals surface area contributed by atoms with Crippen LogP contribution in [0.2, 0.25) is 0 Å². The summed E-state index contributed by atoms with van der Waals surface area (Å²) in [6.07, 6.45) is 1.97. The molecule has 1 N–H and O–H groups in total. The van der Waals surface area contributed by atoms with Crippen LogP contribution >= 0.6 is 0 Å². The predicted molar refractivity (Wildman–Crippen MR) is 74.9 cm³/mol. The van der Waals surface area contributed by atoms with Crippen LogP contribution in [0.15, 0.2) is 28.0 Å². The van der Waals surface area contributed by atoms with Crippen LogP contribution in [0.4, 0.5) is 0 Å². The quantitative estimate of drug-likeness (QED) is 0.776. The molecule has 1 aromatic rings. The Bertz CT molecular complexity index is 634. The van der Waals surface area contributed by atoms with Gasteiger partial charge in [-0.25, -0.2) is 12.7 Å². The highest BCUT2D eigenvalue weighted by molar-refractivity contribution is 7.89. The first-order valence-electron chi connectivity index (χ1n) is 6.18. The summed E-state index contributed by atoms with van der Waals surface area (Å²) in [7, 11) is -0.824. The molecule has 0 aromatic carbocycles. The predicted octanol–water partition coefficient (Wildman–Crippen LogP) is -0.375. The van der Waals surface area contributed by atoms with E-state index >= 15 is 0 Å². The molecule has 112 valence electrons. The van der Waals surface area contributed by atoms with E-state index in [-0.39, 0.29) is 17.3 Å². The summed E-state index contributed by atoms with van der Waals surface area (Å²) in [5.41, 5.74) is -0.422. The molecule has 7 nitrogen and oxygen atoms in total. The molecule has 8 heteroatoms. The fraction of sp³-hybridized carbons (Fsp3) is 0.500. The van der Waals surface area contributed by atoms with Gasteiger partial charge in [-0.15, -0.1) is 0 Å².